The maximum absolute atomic E-state index is 12.3. The Morgan fingerprint density at radius 3 is 2.75 bits per heavy atom. The average Bonchev–Trinajstić information content (AvgIpc) is 2.84. The molecule has 0 bridgehead atoms. The highest BCUT2D eigenvalue weighted by molar-refractivity contribution is 5.85. The van der Waals surface area contributed by atoms with Crippen molar-refractivity contribution in [2.24, 2.45) is 5.92 Å². The van der Waals surface area contributed by atoms with Gasteiger partial charge in [-0.05, 0) is 39.2 Å². The Kier molecular flexibility index (Phi) is 5.06. The number of amides is 1. The van der Waals surface area contributed by atoms with E-state index in [1.54, 1.807) is 0 Å². The Morgan fingerprint density at radius 1 is 1.44 bits per heavy atom. The van der Waals surface area contributed by atoms with Gasteiger partial charge < -0.3 is 10.2 Å². The van der Waals surface area contributed by atoms with Crippen LogP contribution in [-0.4, -0.2) is 36.0 Å². The third-order valence-electron chi connectivity index (χ3n) is 3.94. The number of carbonyl (C=O) groups excluding carboxylic acids is 1. The van der Waals surface area contributed by atoms with Crippen molar-refractivity contribution in [3.8, 4) is 0 Å². The maximum atomic E-state index is 12.3. The van der Waals surface area contributed by atoms with Crippen LogP contribution in [0.4, 0.5) is 0 Å². The van der Waals surface area contributed by atoms with E-state index in [9.17, 15) is 4.79 Å². The minimum atomic E-state index is 0. The van der Waals surface area contributed by atoms with Crippen LogP contribution in [0.25, 0.3) is 0 Å². The van der Waals surface area contributed by atoms with E-state index in [1.165, 1.54) is 12.8 Å². The zero-order valence-corrected chi connectivity index (χ0v) is 11.1. The van der Waals surface area contributed by atoms with Crippen molar-refractivity contribution in [2.75, 3.05) is 13.1 Å². The van der Waals surface area contributed by atoms with Crippen LogP contribution in [0.1, 0.15) is 39.5 Å². The molecule has 94 valence electrons. The van der Waals surface area contributed by atoms with E-state index in [-0.39, 0.29) is 18.3 Å². The van der Waals surface area contributed by atoms with Gasteiger partial charge in [0.15, 0.2) is 0 Å². The first-order valence-electron chi connectivity index (χ1n) is 6.28. The minimum absolute atomic E-state index is 0. The molecule has 0 saturated carbocycles. The van der Waals surface area contributed by atoms with E-state index in [0.717, 1.165) is 25.9 Å². The first-order chi connectivity index (χ1) is 7.24. The molecule has 0 radical (unpaired) electrons. The highest BCUT2D eigenvalue weighted by Crippen LogP contribution is 2.25. The van der Waals surface area contributed by atoms with Crippen molar-refractivity contribution in [2.45, 2.75) is 51.6 Å². The van der Waals surface area contributed by atoms with Gasteiger partial charge in [0, 0.05) is 18.6 Å². The summed E-state index contributed by atoms with van der Waals surface area (Å²) in [5.41, 5.74) is 0. The van der Waals surface area contributed by atoms with Crippen LogP contribution in [-0.2, 0) is 4.79 Å². The van der Waals surface area contributed by atoms with Crippen LogP contribution >= 0.6 is 12.4 Å². The molecular formula is C12H23ClN2O. The van der Waals surface area contributed by atoms with Crippen LogP contribution in [0.5, 0.6) is 0 Å². The first-order valence-corrected chi connectivity index (χ1v) is 6.28. The maximum Gasteiger partial charge on any atom is 0.227 e. The summed E-state index contributed by atoms with van der Waals surface area (Å²) in [5.74, 6) is 0.646. The van der Waals surface area contributed by atoms with E-state index in [1.807, 2.05) is 0 Å². The number of rotatable bonds is 2. The molecule has 2 aliphatic heterocycles. The molecular weight excluding hydrogens is 224 g/mol. The number of hydrogen-bond acceptors (Lipinski definition) is 2. The first kappa shape index (κ1) is 13.8. The monoisotopic (exact) mass is 246 g/mol. The highest BCUT2D eigenvalue weighted by atomic mass is 35.5. The van der Waals surface area contributed by atoms with E-state index in [0.29, 0.717) is 18.0 Å². The Bertz CT molecular complexity index is 247. The van der Waals surface area contributed by atoms with Gasteiger partial charge in [0.2, 0.25) is 5.91 Å². The Morgan fingerprint density at radius 2 is 2.19 bits per heavy atom. The van der Waals surface area contributed by atoms with E-state index in [4.69, 9.17) is 0 Å². The number of halogens is 1. The predicted molar refractivity (Wildman–Crippen MR) is 67.8 cm³/mol. The zero-order chi connectivity index (χ0) is 10.8. The molecule has 3 nitrogen and oxygen atoms in total. The summed E-state index contributed by atoms with van der Waals surface area (Å²) in [5, 5.41) is 3.43. The molecule has 0 aromatic rings. The molecule has 3 atom stereocenters. The molecule has 2 fully saturated rings. The lowest BCUT2D eigenvalue weighted by Gasteiger charge is -2.27. The topological polar surface area (TPSA) is 32.3 Å². The van der Waals surface area contributed by atoms with Crippen LogP contribution in [0.15, 0.2) is 0 Å². The van der Waals surface area contributed by atoms with Gasteiger partial charge in [-0.1, -0.05) is 6.92 Å². The number of hydrogen-bond donors (Lipinski definition) is 1. The largest absolute Gasteiger partial charge is 0.340 e. The third kappa shape index (κ3) is 2.51. The molecule has 2 rings (SSSR count). The van der Waals surface area contributed by atoms with Crippen LogP contribution in [0, 0.1) is 5.92 Å². The summed E-state index contributed by atoms with van der Waals surface area (Å²) in [6, 6.07) is 0.890. The fourth-order valence-electron chi connectivity index (χ4n) is 2.97. The molecule has 1 amide bonds. The van der Waals surface area contributed by atoms with Gasteiger partial charge in [0.05, 0.1) is 5.92 Å². The molecule has 2 saturated heterocycles. The lowest BCUT2D eigenvalue weighted by Crippen LogP contribution is -2.42. The Balaban J connectivity index is 0.00000128. The SMILES string of the molecule is CCC1NCCC1C(=O)N1CCCC1C.Cl. The summed E-state index contributed by atoms with van der Waals surface area (Å²) < 4.78 is 0. The van der Waals surface area contributed by atoms with Crippen molar-refractivity contribution < 1.29 is 4.79 Å². The van der Waals surface area contributed by atoms with Gasteiger partial charge >= 0.3 is 0 Å². The Hall–Kier alpha value is -0.280. The molecule has 3 unspecified atom stereocenters. The smallest absolute Gasteiger partial charge is 0.227 e. The summed E-state index contributed by atoms with van der Waals surface area (Å²) in [7, 11) is 0. The molecule has 4 heteroatoms. The minimum Gasteiger partial charge on any atom is -0.340 e. The number of likely N-dealkylation sites (tertiary alicyclic amines) is 1. The second-order valence-electron chi connectivity index (χ2n) is 4.89. The normalized spacial score (nSPS) is 33.9. The van der Waals surface area contributed by atoms with Crippen LogP contribution in [0.2, 0.25) is 0 Å². The van der Waals surface area contributed by atoms with Gasteiger partial charge in [0.25, 0.3) is 0 Å². The number of nitrogens with one attached hydrogen (secondary N) is 1. The van der Waals surface area contributed by atoms with E-state index in [2.05, 4.69) is 24.1 Å². The number of nitrogens with zero attached hydrogens (tertiary/aromatic N) is 1. The van der Waals surface area contributed by atoms with Crippen molar-refractivity contribution in [1.82, 2.24) is 10.2 Å². The van der Waals surface area contributed by atoms with Crippen molar-refractivity contribution in [1.29, 1.82) is 0 Å². The van der Waals surface area contributed by atoms with Crippen LogP contribution < -0.4 is 5.32 Å². The van der Waals surface area contributed by atoms with Crippen molar-refractivity contribution in [3.05, 3.63) is 0 Å². The van der Waals surface area contributed by atoms with Crippen molar-refractivity contribution >= 4 is 18.3 Å². The van der Waals surface area contributed by atoms with Crippen molar-refractivity contribution in [3.63, 3.8) is 0 Å². The van der Waals surface area contributed by atoms with E-state index < -0.39 is 0 Å². The van der Waals surface area contributed by atoms with Gasteiger partial charge in [-0.2, -0.15) is 0 Å². The molecule has 1 N–H and O–H groups in total. The summed E-state index contributed by atoms with van der Waals surface area (Å²) in [6.45, 7) is 6.33. The predicted octanol–water partition coefficient (Wildman–Crippen LogP) is 1.81. The zero-order valence-electron chi connectivity index (χ0n) is 10.2. The van der Waals surface area contributed by atoms with E-state index >= 15 is 0 Å². The molecule has 0 spiro atoms. The average molecular weight is 247 g/mol. The fourth-order valence-corrected chi connectivity index (χ4v) is 2.97. The molecule has 0 aliphatic carbocycles. The molecule has 16 heavy (non-hydrogen) atoms. The molecule has 2 heterocycles. The second kappa shape index (κ2) is 5.87. The second-order valence-corrected chi connectivity index (χ2v) is 4.89. The lowest BCUT2D eigenvalue weighted by molar-refractivity contribution is -0.136. The third-order valence-corrected chi connectivity index (χ3v) is 3.94. The Labute approximate surface area is 104 Å². The summed E-state index contributed by atoms with van der Waals surface area (Å²) in [4.78, 5) is 14.4. The molecule has 0 aromatic carbocycles. The van der Waals surface area contributed by atoms with Crippen LogP contribution in [0.3, 0.4) is 0 Å². The number of carbonyl (C=O) groups is 1. The van der Waals surface area contributed by atoms with Gasteiger partial charge in [-0.15, -0.1) is 12.4 Å². The standard InChI is InChI=1S/C12H22N2O.ClH/c1-3-11-10(6-7-13-11)12(15)14-8-4-5-9(14)2;/h9-11,13H,3-8H2,1-2H3;1H. The van der Waals surface area contributed by atoms with Gasteiger partial charge in [-0.3, -0.25) is 4.79 Å². The quantitative estimate of drug-likeness (QED) is 0.806. The summed E-state index contributed by atoms with van der Waals surface area (Å²) in [6.07, 6.45) is 4.46. The molecule has 0 aromatic heterocycles. The molecule has 2 aliphatic rings. The summed E-state index contributed by atoms with van der Waals surface area (Å²) >= 11 is 0. The fraction of sp³-hybridized carbons (Fsp3) is 0.917. The highest BCUT2D eigenvalue weighted by Gasteiger charge is 2.36. The lowest BCUT2D eigenvalue weighted by atomic mass is 9.97. The van der Waals surface area contributed by atoms with Gasteiger partial charge in [0.1, 0.15) is 0 Å². The van der Waals surface area contributed by atoms with Gasteiger partial charge in [-0.25, -0.2) is 0 Å².